The highest BCUT2D eigenvalue weighted by Crippen LogP contribution is 2.36. The van der Waals surface area contributed by atoms with Gasteiger partial charge in [0.2, 0.25) is 0 Å². The highest BCUT2D eigenvalue weighted by molar-refractivity contribution is 6.42. The van der Waals surface area contributed by atoms with Crippen molar-refractivity contribution in [2.75, 3.05) is 11.4 Å². The van der Waals surface area contributed by atoms with Gasteiger partial charge in [-0.05, 0) is 38.0 Å². The molecule has 1 nitrogen and oxygen atoms in total. The van der Waals surface area contributed by atoms with Crippen LogP contribution in [0, 0.1) is 0 Å². The molecular weight excluding hydrogens is 217 g/mol. The summed E-state index contributed by atoms with van der Waals surface area (Å²) in [7, 11) is 0. The largest absolute Gasteiger partial charge is 0.369 e. The van der Waals surface area contributed by atoms with Gasteiger partial charge in [-0.1, -0.05) is 23.2 Å². The van der Waals surface area contributed by atoms with E-state index in [0.717, 1.165) is 13.0 Å². The highest BCUT2D eigenvalue weighted by Gasteiger charge is 2.22. The van der Waals surface area contributed by atoms with Crippen molar-refractivity contribution in [3.63, 3.8) is 0 Å². The molecule has 0 saturated carbocycles. The molecule has 1 aromatic carbocycles. The average molecular weight is 230 g/mol. The van der Waals surface area contributed by atoms with Gasteiger partial charge in [0.05, 0.1) is 10.0 Å². The summed E-state index contributed by atoms with van der Waals surface area (Å²) in [5.74, 6) is 0. The van der Waals surface area contributed by atoms with Gasteiger partial charge >= 0.3 is 0 Å². The maximum atomic E-state index is 6.00. The Hall–Kier alpha value is -0.400. The molecule has 0 amide bonds. The molecule has 0 fully saturated rings. The van der Waals surface area contributed by atoms with Crippen LogP contribution in [0.3, 0.4) is 0 Å². The zero-order valence-electron chi connectivity index (χ0n) is 8.35. The van der Waals surface area contributed by atoms with Crippen molar-refractivity contribution in [3.05, 3.63) is 27.7 Å². The Morgan fingerprint density at radius 1 is 1.21 bits per heavy atom. The molecule has 0 bridgehead atoms. The Bertz CT molecular complexity index is 361. The summed E-state index contributed by atoms with van der Waals surface area (Å²) >= 11 is 12.0. The minimum atomic E-state index is 0.522. The van der Waals surface area contributed by atoms with E-state index in [1.54, 1.807) is 0 Å². The topological polar surface area (TPSA) is 3.24 Å². The maximum Gasteiger partial charge on any atom is 0.0613 e. The molecular formula is C11H13Cl2N. The van der Waals surface area contributed by atoms with Gasteiger partial charge in [0.25, 0.3) is 0 Å². The quantitative estimate of drug-likeness (QED) is 0.709. The number of rotatable bonds is 1. The van der Waals surface area contributed by atoms with Gasteiger partial charge in [0.15, 0.2) is 0 Å². The lowest BCUT2D eigenvalue weighted by Crippen LogP contribution is -2.28. The van der Waals surface area contributed by atoms with Gasteiger partial charge < -0.3 is 4.90 Å². The van der Waals surface area contributed by atoms with Crippen LogP contribution >= 0.6 is 23.2 Å². The number of anilines is 1. The van der Waals surface area contributed by atoms with E-state index >= 15 is 0 Å². The van der Waals surface area contributed by atoms with E-state index in [4.69, 9.17) is 23.2 Å². The second-order valence-electron chi connectivity index (χ2n) is 3.93. The molecule has 0 aromatic heterocycles. The van der Waals surface area contributed by atoms with Crippen LogP contribution in [-0.2, 0) is 6.42 Å². The number of hydrogen-bond acceptors (Lipinski definition) is 1. The van der Waals surface area contributed by atoms with E-state index in [0.29, 0.717) is 16.1 Å². The molecule has 1 heterocycles. The smallest absolute Gasteiger partial charge is 0.0613 e. The molecule has 0 atom stereocenters. The fourth-order valence-corrected chi connectivity index (χ4v) is 2.29. The van der Waals surface area contributed by atoms with Gasteiger partial charge in [-0.15, -0.1) is 0 Å². The van der Waals surface area contributed by atoms with E-state index in [2.05, 4.69) is 18.7 Å². The van der Waals surface area contributed by atoms with Crippen molar-refractivity contribution in [1.29, 1.82) is 0 Å². The van der Waals surface area contributed by atoms with Crippen LogP contribution < -0.4 is 4.90 Å². The van der Waals surface area contributed by atoms with Crippen LogP contribution in [0.1, 0.15) is 19.4 Å². The number of nitrogens with zero attached hydrogens (tertiary/aromatic N) is 1. The number of hydrogen-bond donors (Lipinski definition) is 0. The van der Waals surface area contributed by atoms with Crippen LogP contribution in [0.25, 0.3) is 0 Å². The molecule has 0 aliphatic carbocycles. The van der Waals surface area contributed by atoms with E-state index < -0.39 is 0 Å². The molecule has 14 heavy (non-hydrogen) atoms. The maximum absolute atomic E-state index is 6.00. The van der Waals surface area contributed by atoms with Crippen molar-refractivity contribution >= 4 is 28.9 Å². The predicted molar refractivity (Wildman–Crippen MR) is 62.6 cm³/mol. The van der Waals surface area contributed by atoms with Crippen LogP contribution in [0.2, 0.25) is 10.0 Å². The van der Waals surface area contributed by atoms with Gasteiger partial charge in [0, 0.05) is 18.3 Å². The number of fused-ring (bicyclic) bond motifs is 1. The molecule has 0 saturated heterocycles. The Morgan fingerprint density at radius 3 is 2.50 bits per heavy atom. The van der Waals surface area contributed by atoms with Gasteiger partial charge in [0.1, 0.15) is 0 Å². The van der Waals surface area contributed by atoms with E-state index in [1.165, 1.54) is 11.3 Å². The Balaban J connectivity index is 2.45. The molecule has 2 rings (SSSR count). The zero-order valence-corrected chi connectivity index (χ0v) is 9.86. The second-order valence-corrected chi connectivity index (χ2v) is 4.75. The van der Waals surface area contributed by atoms with E-state index in [-0.39, 0.29) is 0 Å². The van der Waals surface area contributed by atoms with Crippen molar-refractivity contribution in [2.45, 2.75) is 26.3 Å². The standard InChI is InChI=1S/C11H13Cl2N/c1-7(2)14-4-3-8-5-9(12)10(13)6-11(8)14/h5-7H,3-4H2,1-2H3. The summed E-state index contributed by atoms with van der Waals surface area (Å²) in [6, 6.07) is 4.49. The lowest BCUT2D eigenvalue weighted by Gasteiger charge is -2.24. The van der Waals surface area contributed by atoms with Crippen LogP contribution in [-0.4, -0.2) is 12.6 Å². The first-order valence-electron chi connectivity index (χ1n) is 4.84. The summed E-state index contributed by atoms with van der Waals surface area (Å²) in [5, 5.41) is 1.31. The first kappa shape index (κ1) is 10.1. The first-order chi connectivity index (χ1) is 6.59. The fraction of sp³-hybridized carbons (Fsp3) is 0.455. The first-order valence-corrected chi connectivity index (χ1v) is 5.59. The minimum absolute atomic E-state index is 0.522. The van der Waals surface area contributed by atoms with Crippen molar-refractivity contribution in [1.82, 2.24) is 0 Å². The minimum Gasteiger partial charge on any atom is -0.369 e. The molecule has 0 N–H and O–H groups in total. The van der Waals surface area contributed by atoms with Crippen LogP contribution in [0.4, 0.5) is 5.69 Å². The summed E-state index contributed by atoms with van der Waals surface area (Å²) in [6.45, 7) is 5.46. The molecule has 0 unspecified atom stereocenters. The van der Waals surface area contributed by atoms with E-state index in [1.807, 2.05) is 12.1 Å². The fourth-order valence-electron chi connectivity index (χ4n) is 1.94. The molecule has 0 radical (unpaired) electrons. The summed E-state index contributed by atoms with van der Waals surface area (Å²) in [5.41, 5.74) is 2.56. The zero-order chi connectivity index (χ0) is 10.3. The summed E-state index contributed by atoms with van der Waals surface area (Å²) in [6.07, 6.45) is 1.07. The van der Waals surface area contributed by atoms with Gasteiger partial charge in [-0.3, -0.25) is 0 Å². The molecule has 3 heteroatoms. The lowest BCUT2D eigenvalue weighted by atomic mass is 10.1. The number of halogens is 2. The Kier molecular flexibility index (Phi) is 2.63. The third-order valence-electron chi connectivity index (χ3n) is 2.68. The Morgan fingerprint density at radius 2 is 1.86 bits per heavy atom. The highest BCUT2D eigenvalue weighted by atomic mass is 35.5. The lowest BCUT2D eigenvalue weighted by molar-refractivity contribution is 0.710. The summed E-state index contributed by atoms with van der Waals surface area (Å²) < 4.78 is 0. The Labute approximate surface area is 94.6 Å². The summed E-state index contributed by atoms with van der Waals surface area (Å²) in [4.78, 5) is 2.36. The number of benzene rings is 1. The van der Waals surface area contributed by atoms with Crippen molar-refractivity contribution in [2.24, 2.45) is 0 Å². The van der Waals surface area contributed by atoms with E-state index in [9.17, 15) is 0 Å². The third-order valence-corrected chi connectivity index (χ3v) is 3.40. The SMILES string of the molecule is CC(C)N1CCc2cc(Cl)c(Cl)cc21. The second kappa shape index (κ2) is 3.63. The molecule has 1 aromatic rings. The van der Waals surface area contributed by atoms with Crippen LogP contribution in [0.5, 0.6) is 0 Å². The van der Waals surface area contributed by atoms with Crippen molar-refractivity contribution in [3.8, 4) is 0 Å². The van der Waals surface area contributed by atoms with Crippen molar-refractivity contribution < 1.29 is 0 Å². The van der Waals surface area contributed by atoms with Crippen LogP contribution in [0.15, 0.2) is 12.1 Å². The predicted octanol–water partition coefficient (Wildman–Crippen LogP) is 3.76. The average Bonchev–Trinajstić information content (AvgIpc) is 2.48. The third kappa shape index (κ3) is 1.59. The molecule has 1 aliphatic heterocycles. The molecule has 0 spiro atoms. The molecule has 1 aliphatic rings. The normalized spacial score (nSPS) is 15.1. The monoisotopic (exact) mass is 229 g/mol. The van der Waals surface area contributed by atoms with Gasteiger partial charge in [-0.2, -0.15) is 0 Å². The molecule has 76 valence electrons. The van der Waals surface area contributed by atoms with Gasteiger partial charge in [-0.25, -0.2) is 0 Å².